The van der Waals surface area contributed by atoms with Crippen LogP contribution in [0.15, 0.2) is 42.0 Å². The average Bonchev–Trinajstić information content (AvgIpc) is 3.16. The average molecular weight is 326 g/mol. The molecule has 3 rings (SSSR count). The molecule has 2 aromatic heterocycles. The zero-order chi connectivity index (χ0) is 16.4. The summed E-state index contributed by atoms with van der Waals surface area (Å²) in [6, 6.07) is 9.01. The number of anilines is 1. The van der Waals surface area contributed by atoms with E-state index in [0.29, 0.717) is 16.1 Å². The molecule has 0 radical (unpaired) electrons. The van der Waals surface area contributed by atoms with Gasteiger partial charge in [0.1, 0.15) is 12.2 Å². The lowest BCUT2D eigenvalue weighted by molar-refractivity contribution is 0.101. The first-order valence-corrected chi connectivity index (χ1v) is 7.80. The number of thiophene rings is 1. The molecule has 0 atom stereocenters. The maximum Gasteiger partial charge on any atom is 0.265 e. The molecule has 0 spiro atoms. The van der Waals surface area contributed by atoms with Crippen LogP contribution in [-0.2, 0) is 0 Å². The molecule has 0 fully saturated rings. The standard InChI is InChI=1S/C16H14N4O2S/c1-10(21)12-6-15(23-8-12)16(22)18-13-4-3-5-14(7-13)20-9-17-19-11(20)2/h3-9H,1-2H3,(H,18,22). The SMILES string of the molecule is CC(=O)c1csc(C(=O)Nc2cccc(-n3cnnc3C)c2)c1. The van der Waals surface area contributed by atoms with Crippen LogP contribution in [0.5, 0.6) is 0 Å². The summed E-state index contributed by atoms with van der Waals surface area (Å²) in [6.45, 7) is 3.34. The molecule has 2 heterocycles. The van der Waals surface area contributed by atoms with Gasteiger partial charge in [-0.25, -0.2) is 0 Å². The zero-order valence-electron chi connectivity index (χ0n) is 12.6. The number of nitrogens with zero attached hydrogens (tertiary/aromatic N) is 3. The number of hydrogen-bond acceptors (Lipinski definition) is 5. The lowest BCUT2D eigenvalue weighted by Gasteiger charge is -2.08. The molecule has 3 aromatic rings. The maximum absolute atomic E-state index is 12.3. The monoisotopic (exact) mass is 326 g/mol. The van der Waals surface area contributed by atoms with E-state index in [0.717, 1.165) is 11.5 Å². The van der Waals surface area contributed by atoms with Crippen LogP contribution in [0.25, 0.3) is 5.69 Å². The van der Waals surface area contributed by atoms with Crippen LogP contribution >= 0.6 is 11.3 Å². The van der Waals surface area contributed by atoms with E-state index in [-0.39, 0.29) is 11.7 Å². The minimum Gasteiger partial charge on any atom is -0.321 e. The lowest BCUT2D eigenvalue weighted by atomic mass is 10.2. The molecule has 7 heteroatoms. The number of carbonyl (C=O) groups excluding carboxylic acids is 2. The second-order valence-corrected chi connectivity index (χ2v) is 5.92. The molecule has 23 heavy (non-hydrogen) atoms. The van der Waals surface area contributed by atoms with Crippen LogP contribution < -0.4 is 5.32 Å². The third-order valence-electron chi connectivity index (χ3n) is 3.33. The molecule has 0 unspecified atom stereocenters. The molecular weight excluding hydrogens is 312 g/mol. The van der Waals surface area contributed by atoms with Crippen LogP contribution in [0.4, 0.5) is 5.69 Å². The molecule has 0 aliphatic carbocycles. The number of aromatic nitrogens is 3. The first-order valence-electron chi connectivity index (χ1n) is 6.92. The van der Waals surface area contributed by atoms with Gasteiger partial charge in [0.15, 0.2) is 5.78 Å². The van der Waals surface area contributed by atoms with Gasteiger partial charge in [-0.2, -0.15) is 0 Å². The molecule has 116 valence electrons. The minimum atomic E-state index is -0.236. The van der Waals surface area contributed by atoms with Crippen molar-refractivity contribution in [2.24, 2.45) is 0 Å². The van der Waals surface area contributed by atoms with Gasteiger partial charge in [0.2, 0.25) is 0 Å². The maximum atomic E-state index is 12.3. The van der Waals surface area contributed by atoms with E-state index >= 15 is 0 Å². The normalized spacial score (nSPS) is 10.5. The topological polar surface area (TPSA) is 76.9 Å². The van der Waals surface area contributed by atoms with Crippen molar-refractivity contribution in [1.82, 2.24) is 14.8 Å². The molecule has 0 aliphatic rings. The summed E-state index contributed by atoms with van der Waals surface area (Å²) in [5.41, 5.74) is 2.08. The van der Waals surface area contributed by atoms with Crippen LogP contribution in [0.3, 0.4) is 0 Å². The molecule has 0 saturated heterocycles. The number of amides is 1. The van der Waals surface area contributed by atoms with E-state index in [2.05, 4.69) is 15.5 Å². The molecule has 0 aliphatic heterocycles. The Labute approximate surface area is 136 Å². The molecule has 1 amide bonds. The second-order valence-electron chi connectivity index (χ2n) is 5.01. The van der Waals surface area contributed by atoms with Gasteiger partial charge in [0.05, 0.1) is 10.6 Å². The number of benzene rings is 1. The Bertz CT molecular complexity index is 882. The molecule has 6 nitrogen and oxygen atoms in total. The summed E-state index contributed by atoms with van der Waals surface area (Å²) in [6.07, 6.45) is 1.62. The Morgan fingerprint density at radius 3 is 2.74 bits per heavy atom. The summed E-state index contributed by atoms with van der Waals surface area (Å²) in [5.74, 6) is 0.475. The van der Waals surface area contributed by atoms with Crippen molar-refractivity contribution in [3.63, 3.8) is 0 Å². The Morgan fingerprint density at radius 2 is 2.09 bits per heavy atom. The highest BCUT2D eigenvalue weighted by Crippen LogP contribution is 2.19. The van der Waals surface area contributed by atoms with Gasteiger partial charge in [-0.3, -0.25) is 14.2 Å². The minimum absolute atomic E-state index is 0.0506. The molecule has 0 bridgehead atoms. The zero-order valence-corrected chi connectivity index (χ0v) is 13.4. The Morgan fingerprint density at radius 1 is 1.26 bits per heavy atom. The summed E-state index contributed by atoms with van der Waals surface area (Å²) >= 11 is 1.25. The van der Waals surface area contributed by atoms with Crippen LogP contribution in [0.2, 0.25) is 0 Å². The quantitative estimate of drug-likeness (QED) is 0.747. The fraction of sp³-hybridized carbons (Fsp3) is 0.125. The van der Waals surface area contributed by atoms with Crippen molar-refractivity contribution in [2.45, 2.75) is 13.8 Å². The highest BCUT2D eigenvalue weighted by molar-refractivity contribution is 7.12. The third kappa shape index (κ3) is 3.19. The number of rotatable bonds is 4. The highest BCUT2D eigenvalue weighted by atomic mass is 32.1. The van der Waals surface area contributed by atoms with E-state index in [9.17, 15) is 9.59 Å². The number of hydrogen-bond donors (Lipinski definition) is 1. The van der Waals surface area contributed by atoms with Gasteiger partial charge in [-0.05, 0) is 38.1 Å². The predicted octanol–water partition coefficient (Wildman–Crippen LogP) is 3.09. The fourth-order valence-electron chi connectivity index (χ4n) is 2.11. The largest absolute Gasteiger partial charge is 0.321 e. The first-order chi connectivity index (χ1) is 11.0. The third-order valence-corrected chi connectivity index (χ3v) is 4.26. The van der Waals surface area contributed by atoms with Gasteiger partial charge >= 0.3 is 0 Å². The smallest absolute Gasteiger partial charge is 0.265 e. The van der Waals surface area contributed by atoms with E-state index in [1.165, 1.54) is 18.3 Å². The predicted molar refractivity (Wildman–Crippen MR) is 88.4 cm³/mol. The Kier molecular flexibility index (Phi) is 4.03. The van der Waals surface area contributed by atoms with E-state index < -0.39 is 0 Å². The number of Topliss-reactive ketones (excluding diaryl/α,β-unsaturated/α-hetero) is 1. The summed E-state index contributed by atoms with van der Waals surface area (Å²) in [4.78, 5) is 24.1. The van der Waals surface area contributed by atoms with Gasteiger partial charge < -0.3 is 5.32 Å². The summed E-state index contributed by atoms with van der Waals surface area (Å²) in [7, 11) is 0. The van der Waals surface area contributed by atoms with Crippen molar-refractivity contribution in [3.8, 4) is 5.69 Å². The molecule has 1 aromatic carbocycles. The van der Waals surface area contributed by atoms with Crippen LogP contribution in [0, 0.1) is 6.92 Å². The number of aryl methyl sites for hydroxylation is 1. The number of ketones is 1. The van der Waals surface area contributed by atoms with Crippen molar-refractivity contribution >= 4 is 28.7 Å². The Balaban J connectivity index is 1.81. The number of carbonyl (C=O) groups is 2. The molecule has 0 saturated carbocycles. The molecule has 1 N–H and O–H groups in total. The van der Waals surface area contributed by atoms with E-state index in [1.807, 2.05) is 29.7 Å². The fourth-order valence-corrected chi connectivity index (χ4v) is 2.95. The molecular formula is C16H14N4O2S. The lowest BCUT2D eigenvalue weighted by Crippen LogP contribution is -2.10. The first kappa shape index (κ1) is 15.1. The van der Waals surface area contributed by atoms with Gasteiger partial charge in [-0.15, -0.1) is 21.5 Å². The van der Waals surface area contributed by atoms with Gasteiger partial charge in [0.25, 0.3) is 5.91 Å². The van der Waals surface area contributed by atoms with Crippen molar-refractivity contribution in [2.75, 3.05) is 5.32 Å². The number of nitrogens with one attached hydrogen (secondary N) is 1. The second kappa shape index (κ2) is 6.13. The van der Waals surface area contributed by atoms with Crippen molar-refractivity contribution in [1.29, 1.82) is 0 Å². The van der Waals surface area contributed by atoms with Crippen molar-refractivity contribution < 1.29 is 9.59 Å². The van der Waals surface area contributed by atoms with Crippen molar-refractivity contribution in [3.05, 3.63) is 58.3 Å². The summed E-state index contributed by atoms with van der Waals surface area (Å²) in [5, 5.41) is 12.3. The van der Waals surface area contributed by atoms with E-state index in [1.54, 1.807) is 23.8 Å². The van der Waals surface area contributed by atoms with Gasteiger partial charge in [0, 0.05) is 16.6 Å². The van der Waals surface area contributed by atoms with Gasteiger partial charge in [-0.1, -0.05) is 6.07 Å². The van der Waals surface area contributed by atoms with E-state index in [4.69, 9.17) is 0 Å². The Hall–Kier alpha value is -2.80. The summed E-state index contributed by atoms with van der Waals surface area (Å²) < 4.78 is 1.83. The van der Waals surface area contributed by atoms with Crippen LogP contribution in [0.1, 0.15) is 32.8 Å². The highest BCUT2D eigenvalue weighted by Gasteiger charge is 2.12. The van der Waals surface area contributed by atoms with Crippen LogP contribution in [-0.4, -0.2) is 26.5 Å².